The van der Waals surface area contributed by atoms with E-state index >= 15 is 0 Å². The number of carbonyl (C=O) groups excluding carboxylic acids is 1. The number of halogens is 17. The van der Waals surface area contributed by atoms with E-state index in [-0.39, 0.29) is 0 Å². The lowest BCUT2D eigenvalue weighted by Gasteiger charge is -2.42. The van der Waals surface area contributed by atoms with E-state index in [0.29, 0.717) is 0 Å². The number of ether oxygens (including phenoxy) is 1. The molecule has 0 amide bonds. The van der Waals surface area contributed by atoms with Crippen LogP contribution in [-0.2, 0) is 22.8 Å². The Morgan fingerprint density at radius 1 is 0.541 bits per heavy atom. The van der Waals surface area contributed by atoms with Crippen LogP contribution >= 0.6 is 0 Å². The summed E-state index contributed by atoms with van der Waals surface area (Å²) in [5, 5.41) is 0. The summed E-state index contributed by atoms with van der Waals surface area (Å²) in [6.07, 6.45) is -7.85. The molecule has 0 heterocycles. The van der Waals surface area contributed by atoms with Gasteiger partial charge in [-0.3, -0.25) is 0 Å². The number of carbonyl (C=O) groups is 1. The van der Waals surface area contributed by atoms with Crippen molar-refractivity contribution in [1.82, 2.24) is 0 Å². The van der Waals surface area contributed by atoms with Crippen LogP contribution in [0.15, 0.2) is 0 Å². The van der Waals surface area contributed by atoms with Gasteiger partial charge in [-0.15, -0.1) is 0 Å². The van der Waals surface area contributed by atoms with Crippen molar-refractivity contribution in [3.8, 4) is 0 Å². The topological polar surface area (TPSA) is 54.0 Å². The molecule has 0 unspecified atom stereocenters. The van der Waals surface area contributed by atoms with Gasteiger partial charge in [-0.05, 0) is 0 Å². The Hall–Kier alpha value is -1.62. The molecular weight excluding hydrogens is 599 g/mol. The Morgan fingerprint density at radius 2 is 0.838 bits per heavy atom. The summed E-state index contributed by atoms with van der Waals surface area (Å²) < 4.78 is 241. The van der Waals surface area contributed by atoms with Crippen LogP contribution in [0, 0.1) is 0 Å². The lowest BCUT2D eigenvalue weighted by atomic mass is 9.89. The summed E-state index contributed by atoms with van der Waals surface area (Å²) in [5.74, 6) is -62.4. The second-order valence-corrected chi connectivity index (χ2v) is 9.79. The fourth-order valence-electron chi connectivity index (χ4n) is 2.21. The maximum absolute atomic E-state index is 13.7. The summed E-state index contributed by atoms with van der Waals surface area (Å²) in [5.41, 5.74) is 0. The number of hydrogen-bond donors (Lipinski definition) is 0. The minimum atomic E-state index is -8.79. The van der Waals surface area contributed by atoms with Gasteiger partial charge in [0.2, 0.25) is 0 Å². The van der Waals surface area contributed by atoms with E-state index in [1.54, 1.807) is 0 Å². The highest BCUT2D eigenvalue weighted by molar-refractivity contribution is 6.60. The molecule has 0 aromatic heterocycles. The lowest BCUT2D eigenvalue weighted by molar-refractivity contribution is -0.460. The SMILES string of the molecule is CO[Si](CCOC(=O)C(F)(F)C(F)(F)C(F)(F)C(F)(F)C(F)(F)C(F)(F)C(F)(F)C(F)(F)F)(OC)OC. The van der Waals surface area contributed by atoms with Gasteiger partial charge >= 0.3 is 62.4 Å². The standard InChI is InChI=1S/C14H13F17O5Si/c1-33-37(34-2,35-3)5-4-36-6(32)7(15,16)8(17,18)9(19,20)10(21,22)11(23,24)12(25,26)13(27,28)14(29,30)31/h4-5H2,1-3H3. The quantitative estimate of drug-likeness (QED) is 0.158. The lowest BCUT2D eigenvalue weighted by Crippen LogP contribution is -2.75. The first-order valence-corrected chi connectivity index (χ1v) is 10.5. The first kappa shape index (κ1) is 35.4. The van der Waals surface area contributed by atoms with Gasteiger partial charge < -0.3 is 18.0 Å². The van der Waals surface area contributed by atoms with E-state index in [0.717, 1.165) is 21.3 Å². The molecule has 0 radical (unpaired) electrons. The molecule has 0 aromatic rings. The average molecular weight is 612 g/mol. The van der Waals surface area contributed by atoms with Crippen molar-refractivity contribution in [2.75, 3.05) is 27.9 Å². The van der Waals surface area contributed by atoms with Gasteiger partial charge in [-0.1, -0.05) is 0 Å². The largest absolute Gasteiger partial charge is 0.503 e. The molecular formula is C14H13F17O5Si. The fourth-order valence-corrected chi connectivity index (χ4v) is 3.67. The fraction of sp³-hybridized carbons (Fsp3) is 0.929. The summed E-state index contributed by atoms with van der Waals surface area (Å²) in [6, 6.07) is -0.909. The summed E-state index contributed by atoms with van der Waals surface area (Å²) in [4.78, 5) is 11.2. The molecule has 222 valence electrons. The van der Waals surface area contributed by atoms with Crippen LogP contribution in [0.1, 0.15) is 0 Å². The summed E-state index contributed by atoms with van der Waals surface area (Å²) >= 11 is 0. The van der Waals surface area contributed by atoms with Crippen molar-refractivity contribution >= 4 is 14.8 Å². The van der Waals surface area contributed by atoms with E-state index < -0.39 is 75.1 Å². The zero-order chi connectivity index (χ0) is 30.3. The third kappa shape index (κ3) is 5.18. The number of hydrogen-bond acceptors (Lipinski definition) is 5. The van der Waals surface area contributed by atoms with Gasteiger partial charge in [0.1, 0.15) is 0 Å². The van der Waals surface area contributed by atoms with Crippen molar-refractivity contribution in [2.45, 2.75) is 53.7 Å². The van der Waals surface area contributed by atoms with E-state index in [1.807, 2.05) is 0 Å². The molecule has 0 saturated heterocycles. The highest BCUT2D eigenvalue weighted by Gasteiger charge is 2.95. The summed E-state index contributed by atoms with van der Waals surface area (Å²) in [7, 11) is -1.26. The zero-order valence-electron chi connectivity index (χ0n) is 17.9. The average Bonchev–Trinajstić information content (AvgIpc) is 2.75. The van der Waals surface area contributed by atoms with Crippen LogP contribution in [0.25, 0.3) is 0 Å². The molecule has 0 N–H and O–H groups in total. The smallest absolute Gasteiger partial charge is 0.461 e. The van der Waals surface area contributed by atoms with E-state index in [9.17, 15) is 79.4 Å². The monoisotopic (exact) mass is 612 g/mol. The predicted octanol–water partition coefficient (Wildman–Crippen LogP) is 5.42. The number of alkyl halides is 17. The molecule has 0 aromatic carbocycles. The maximum atomic E-state index is 13.7. The molecule has 0 fully saturated rings. The highest BCUT2D eigenvalue weighted by Crippen LogP contribution is 2.64. The molecule has 0 atom stereocenters. The van der Waals surface area contributed by atoms with E-state index in [4.69, 9.17) is 0 Å². The molecule has 0 rings (SSSR count). The first-order chi connectivity index (χ1) is 16.1. The van der Waals surface area contributed by atoms with Crippen molar-refractivity contribution in [2.24, 2.45) is 0 Å². The van der Waals surface area contributed by atoms with Gasteiger partial charge in [0.15, 0.2) is 0 Å². The van der Waals surface area contributed by atoms with Crippen LogP contribution in [0.4, 0.5) is 74.6 Å². The van der Waals surface area contributed by atoms with Crippen molar-refractivity contribution in [1.29, 1.82) is 0 Å². The molecule has 37 heavy (non-hydrogen) atoms. The minimum Gasteiger partial charge on any atom is -0.461 e. The third-order valence-corrected chi connectivity index (χ3v) is 7.24. The normalized spacial score (nSPS) is 15.7. The Morgan fingerprint density at radius 3 is 1.14 bits per heavy atom. The van der Waals surface area contributed by atoms with E-state index in [1.165, 1.54) is 0 Å². The highest BCUT2D eigenvalue weighted by atomic mass is 28.4. The van der Waals surface area contributed by atoms with Gasteiger partial charge in [-0.25, -0.2) is 4.79 Å². The third-order valence-electron chi connectivity index (χ3n) is 4.55. The molecule has 0 aliphatic heterocycles. The molecule has 0 bridgehead atoms. The van der Waals surface area contributed by atoms with Gasteiger partial charge in [0, 0.05) is 21.3 Å². The Balaban J connectivity index is 6.39. The number of esters is 1. The van der Waals surface area contributed by atoms with Crippen LogP contribution in [0.5, 0.6) is 0 Å². The van der Waals surface area contributed by atoms with E-state index in [2.05, 4.69) is 18.0 Å². The maximum Gasteiger partial charge on any atom is 0.503 e. The zero-order valence-corrected chi connectivity index (χ0v) is 18.9. The Bertz CT molecular complexity index is 800. The Kier molecular flexibility index (Phi) is 9.72. The van der Waals surface area contributed by atoms with Crippen LogP contribution in [-0.4, -0.2) is 90.3 Å². The minimum absolute atomic E-state index is 0.866. The van der Waals surface area contributed by atoms with Crippen LogP contribution in [0.3, 0.4) is 0 Å². The molecule has 0 spiro atoms. The van der Waals surface area contributed by atoms with Gasteiger partial charge in [0.05, 0.1) is 12.7 Å². The van der Waals surface area contributed by atoms with Crippen molar-refractivity contribution in [3.63, 3.8) is 0 Å². The van der Waals surface area contributed by atoms with Crippen molar-refractivity contribution in [3.05, 3.63) is 0 Å². The van der Waals surface area contributed by atoms with Crippen LogP contribution < -0.4 is 0 Å². The molecule has 0 saturated carbocycles. The first-order valence-electron chi connectivity index (χ1n) is 8.60. The van der Waals surface area contributed by atoms with Crippen molar-refractivity contribution < 1.29 is 97.4 Å². The van der Waals surface area contributed by atoms with Gasteiger partial charge in [0.25, 0.3) is 0 Å². The molecule has 0 aliphatic carbocycles. The summed E-state index contributed by atoms with van der Waals surface area (Å²) in [6.45, 7) is -1.54. The Labute approximate surface area is 195 Å². The second-order valence-electron chi connectivity index (χ2n) is 6.70. The molecule has 5 nitrogen and oxygen atoms in total. The predicted molar refractivity (Wildman–Crippen MR) is 83.2 cm³/mol. The molecule has 23 heteroatoms. The number of rotatable bonds is 13. The van der Waals surface area contributed by atoms with Crippen LogP contribution in [0.2, 0.25) is 6.04 Å². The van der Waals surface area contributed by atoms with Gasteiger partial charge in [-0.2, -0.15) is 74.6 Å². The molecule has 0 aliphatic rings. The second kappa shape index (κ2) is 10.2.